The van der Waals surface area contributed by atoms with Crippen LogP contribution in [0.5, 0.6) is 0 Å². The molecule has 0 aromatic rings. The van der Waals surface area contributed by atoms with Gasteiger partial charge in [0.15, 0.2) is 0 Å². The molecule has 0 saturated heterocycles. The number of aliphatic hydroxyl groups is 1. The summed E-state index contributed by atoms with van der Waals surface area (Å²) in [7, 11) is 0. The molecule has 25 heavy (non-hydrogen) atoms. The summed E-state index contributed by atoms with van der Waals surface area (Å²) < 4.78 is 0. The van der Waals surface area contributed by atoms with Gasteiger partial charge in [-0.1, -0.05) is 26.7 Å². The molecule has 7 atom stereocenters. The number of ketones is 2. The minimum Gasteiger partial charge on any atom is -0.396 e. The van der Waals surface area contributed by atoms with Gasteiger partial charge in [-0.15, -0.1) is 0 Å². The van der Waals surface area contributed by atoms with Gasteiger partial charge in [0.1, 0.15) is 0 Å². The molecule has 4 heteroatoms. The molecule has 0 aliphatic heterocycles. The Hall–Kier alpha value is 0.300. The predicted molar refractivity (Wildman–Crippen MR) is 98.1 cm³/mol. The summed E-state index contributed by atoms with van der Waals surface area (Å²) in [5.74, 6) is 1.29. The summed E-state index contributed by atoms with van der Waals surface area (Å²) in [6.07, 6.45) is 10.4. The van der Waals surface area contributed by atoms with Crippen LogP contribution in [0.25, 0.3) is 0 Å². The third-order valence-electron chi connectivity index (χ3n) is 8.85. The van der Waals surface area contributed by atoms with Gasteiger partial charge in [-0.2, -0.15) is 0 Å². The molecule has 1 N–H and O–H groups in total. The average Bonchev–Trinajstić information content (AvgIpc) is 2.75. The summed E-state index contributed by atoms with van der Waals surface area (Å²) in [6.45, 7) is 4.68. The molecule has 4 aliphatic carbocycles. The number of hydrogen-bond acceptors (Lipinski definition) is 3. The number of rotatable bonds is 2. The molecule has 135 valence electrons. The summed E-state index contributed by atoms with van der Waals surface area (Å²) in [5, 5.41) is 9.40. The first-order valence-corrected chi connectivity index (χ1v) is 10.1. The van der Waals surface area contributed by atoms with E-state index < -0.39 is 0 Å². The molecule has 4 rings (SSSR count). The van der Waals surface area contributed by atoms with Crippen LogP contribution in [0.4, 0.5) is 0 Å². The minimum absolute atomic E-state index is 0. The molecule has 0 amide bonds. The van der Waals surface area contributed by atoms with Crippen molar-refractivity contribution in [3.05, 3.63) is 0 Å². The van der Waals surface area contributed by atoms with Crippen molar-refractivity contribution in [1.82, 2.24) is 0 Å². The normalized spacial score (nSPS) is 49.0. The molecule has 1 unspecified atom stereocenters. The van der Waals surface area contributed by atoms with Gasteiger partial charge in [-0.05, 0) is 73.5 Å². The van der Waals surface area contributed by atoms with Gasteiger partial charge in [0.2, 0.25) is 11.6 Å². The maximum Gasteiger partial charge on any atom is 0.202 e. The maximum absolute atomic E-state index is 12.9. The zero-order valence-electron chi connectivity index (χ0n) is 16.2. The van der Waals surface area contributed by atoms with Crippen molar-refractivity contribution in [2.24, 2.45) is 40.4 Å². The van der Waals surface area contributed by atoms with Crippen LogP contribution in [0, 0.1) is 40.4 Å². The SMILES string of the molecule is C[C@]12CC[C@H]3[C@@H](CCC4CCCC[C@@]43C)[C@@H]1C(=O)C(=O)[C@@H]2CCO.[Na]. The zero-order valence-corrected chi connectivity index (χ0v) is 18.2. The van der Waals surface area contributed by atoms with Crippen molar-refractivity contribution in [2.45, 2.75) is 71.6 Å². The van der Waals surface area contributed by atoms with Crippen LogP contribution in [0.2, 0.25) is 0 Å². The molecular formula is C21H32NaO3. The maximum atomic E-state index is 12.9. The van der Waals surface area contributed by atoms with E-state index in [0.29, 0.717) is 23.7 Å². The molecule has 1 radical (unpaired) electrons. The van der Waals surface area contributed by atoms with Crippen molar-refractivity contribution >= 4 is 41.1 Å². The van der Waals surface area contributed by atoms with Gasteiger partial charge in [0, 0.05) is 48.0 Å². The number of aliphatic hydroxyl groups excluding tert-OH is 1. The Bertz CT molecular complexity index is 561. The quantitative estimate of drug-likeness (QED) is 0.610. The van der Waals surface area contributed by atoms with E-state index >= 15 is 0 Å². The van der Waals surface area contributed by atoms with E-state index in [0.717, 1.165) is 18.8 Å². The van der Waals surface area contributed by atoms with E-state index in [1.807, 2.05) is 0 Å². The Labute approximate surface area is 174 Å². The minimum atomic E-state index is -0.238. The topological polar surface area (TPSA) is 54.4 Å². The van der Waals surface area contributed by atoms with Crippen LogP contribution in [0.3, 0.4) is 0 Å². The summed E-state index contributed by atoms with van der Waals surface area (Å²) >= 11 is 0. The third kappa shape index (κ3) is 2.75. The van der Waals surface area contributed by atoms with Crippen LogP contribution < -0.4 is 0 Å². The van der Waals surface area contributed by atoms with Crippen molar-refractivity contribution in [3.8, 4) is 0 Å². The molecule has 0 spiro atoms. The van der Waals surface area contributed by atoms with E-state index in [9.17, 15) is 14.7 Å². The molecule has 4 saturated carbocycles. The molecule has 0 heterocycles. The van der Waals surface area contributed by atoms with E-state index in [1.165, 1.54) is 38.5 Å². The largest absolute Gasteiger partial charge is 0.396 e. The van der Waals surface area contributed by atoms with Gasteiger partial charge in [-0.3, -0.25) is 9.59 Å². The molecule has 0 aromatic heterocycles. The number of carbonyl (C=O) groups is 2. The van der Waals surface area contributed by atoms with E-state index in [2.05, 4.69) is 13.8 Å². The fourth-order valence-electron chi connectivity index (χ4n) is 7.63. The van der Waals surface area contributed by atoms with Gasteiger partial charge < -0.3 is 5.11 Å². The Morgan fingerprint density at radius 1 is 0.960 bits per heavy atom. The fourth-order valence-corrected chi connectivity index (χ4v) is 7.63. The van der Waals surface area contributed by atoms with Gasteiger partial charge in [-0.25, -0.2) is 0 Å². The van der Waals surface area contributed by atoms with Crippen LogP contribution in [-0.4, -0.2) is 52.8 Å². The zero-order chi connectivity index (χ0) is 17.1. The second kappa shape index (κ2) is 7.04. The number of hydrogen-bond donors (Lipinski definition) is 1. The van der Waals surface area contributed by atoms with Gasteiger partial charge in [0.05, 0.1) is 0 Å². The van der Waals surface area contributed by atoms with Crippen LogP contribution in [-0.2, 0) is 9.59 Å². The van der Waals surface area contributed by atoms with Gasteiger partial charge in [0.25, 0.3) is 0 Å². The first kappa shape index (κ1) is 20.0. The van der Waals surface area contributed by atoms with Crippen molar-refractivity contribution < 1.29 is 14.7 Å². The number of carbonyl (C=O) groups excluding carboxylic acids is 2. The van der Waals surface area contributed by atoms with E-state index in [1.54, 1.807) is 0 Å². The summed E-state index contributed by atoms with van der Waals surface area (Å²) in [6, 6.07) is 0. The third-order valence-corrected chi connectivity index (χ3v) is 8.85. The van der Waals surface area contributed by atoms with Crippen molar-refractivity contribution in [3.63, 3.8) is 0 Å². The molecule has 0 bridgehead atoms. The first-order valence-electron chi connectivity index (χ1n) is 10.1. The summed E-state index contributed by atoms with van der Waals surface area (Å²) in [4.78, 5) is 25.6. The Morgan fingerprint density at radius 3 is 2.44 bits per heavy atom. The Balaban J connectivity index is 0.00000182. The second-order valence-corrected chi connectivity index (χ2v) is 9.61. The predicted octanol–water partition coefficient (Wildman–Crippen LogP) is 3.40. The van der Waals surface area contributed by atoms with Crippen molar-refractivity contribution in [1.29, 1.82) is 0 Å². The van der Waals surface area contributed by atoms with Crippen LogP contribution in [0.15, 0.2) is 0 Å². The van der Waals surface area contributed by atoms with Crippen LogP contribution >= 0.6 is 0 Å². The molecule has 3 nitrogen and oxygen atoms in total. The smallest absolute Gasteiger partial charge is 0.202 e. The monoisotopic (exact) mass is 355 g/mol. The summed E-state index contributed by atoms with van der Waals surface area (Å²) in [5.41, 5.74) is 0.191. The van der Waals surface area contributed by atoms with Gasteiger partial charge >= 0.3 is 0 Å². The number of fused-ring (bicyclic) bond motifs is 5. The fraction of sp³-hybridized carbons (Fsp3) is 0.905. The van der Waals surface area contributed by atoms with E-state index in [-0.39, 0.29) is 65.0 Å². The van der Waals surface area contributed by atoms with Crippen LogP contribution in [0.1, 0.15) is 71.6 Å². The molecule has 4 fully saturated rings. The first-order chi connectivity index (χ1) is 11.4. The van der Waals surface area contributed by atoms with E-state index in [4.69, 9.17) is 0 Å². The standard InChI is InChI=1S/C21H32O3.Na/c1-20-10-4-3-5-13(20)6-7-14-15(20)8-11-21(2)16(9-12-22)18(23)19(24)17(14)21;/h13-17,22H,3-12H2,1-2H3;/t13?,14-,15+,16+,17-,20+,21-;/m1./s1. The Morgan fingerprint density at radius 2 is 1.72 bits per heavy atom. The molecule has 0 aromatic carbocycles. The molecular weight excluding hydrogens is 323 g/mol. The average molecular weight is 355 g/mol. The Kier molecular flexibility index (Phi) is 5.64. The molecule has 4 aliphatic rings. The number of Topliss-reactive ketones (excluding diaryl/α,β-unsaturated/α-hetero) is 2. The van der Waals surface area contributed by atoms with Crippen molar-refractivity contribution in [2.75, 3.05) is 6.61 Å². The second-order valence-electron chi connectivity index (χ2n) is 9.61.